The van der Waals surface area contributed by atoms with E-state index in [1.807, 2.05) is 0 Å². The van der Waals surface area contributed by atoms with E-state index in [1.165, 1.54) is 27.9 Å². The van der Waals surface area contributed by atoms with Gasteiger partial charge in [-0.25, -0.2) is 13.2 Å². The zero-order chi connectivity index (χ0) is 24.7. The summed E-state index contributed by atoms with van der Waals surface area (Å²) in [6.07, 6.45) is 6.61. The van der Waals surface area contributed by atoms with Crippen LogP contribution in [0.3, 0.4) is 0 Å². The second kappa shape index (κ2) is 9.26. The van der Waals surface area contributed by atoms with Crippen LogP contribution in [0.5, 0.6) is 0 Å². The largest absolute Gasteiger partial charge is 0.478 e. The SMILES string of the molecule is Cc1cc(C(=O)O)cc(C)c1C=CS(=O)(=O)N1CCC2(CC1)N=C(C1CCC(C)CC1)NC2=O. The first-order valence-corrected chi connectivity index (χ1v) is 13.4. The average Bonchev–Trinajstić information content (AvgIpc) is 3.09. The van der Waals surface area contributed by atoms with Crippen molar-refractivity contribution in [2.75, 3.05) is 13.1 Å². The molecule has 1 saturated heterocycles. The average molecular weight is 488 g/mol. The lowest BCUT2D eigenvalue weighted by Crippen LogP contribution is -2.50. The zero-order valence-corrected chi connectivity index (χ0v) is 20.8. The molecule has 0 aromatic heterocycles. The summed E-state index contributed by atoms with van der Waals surface area (Å²) in [5.41, 5.74) is 1.40. The van der Waals surface area contributed by atoms with E-state index in [-0.39, 0.29) is 24.6 Å². The number of aromatic carboxylic acids is 1. The number of nitrogens with zero attached hydrogens (tertiary/aromatic N) is 2. The van der Waals surface area contributed by atoms with E-state index < -0.39 is 21.5 Å². The summed E-state index contributed by atoms with van der Waals surface area (Å²) in [7, 11) is -3.69. The number of amides is 1. The first kappa shape index (κ1) is 24.6. The lowest BCUT2D eigenvalue weighted by Gasteiger charge is -2.34. The Kier molecular flexibility index (Phi) is 6.70. The molecule has 1 amide bonds. The molecule has 4 rings (SSSR count). The van der Waals surface area contributed by atoms with E-state index in [4.69, 9.17) is 4.99 Å². The highest BCUT2D eigenvalue weighted by atomic mass is 32.2. The number of benzene rings is 1. The molecule has 3 aliphatic rings. The van der Waals surface area contributed by atoms with E-state index in [0.29, 0.717) is 41.4 Å². The summed E-state index contributed by atoms with van der Waals surface area (Å²) in [6.45, 7) is 6.24. The molecular formula is C25H33N3O5S. The van der Waals surface area contributed by atoms with Crippen molar-refractivity contribution in [2.45, 2.75) is 64.8 Å². The quantitative estimate of drug-likeness (QED) is 0.660. The predicted octanol–water partition coefficient (Wildman–Crippen LogP) is 3.49. The predicted molar refractivity (Wildman–Crippen MR) is 131 cm³/mol. The van der Waals surface area contributed by atoms with Crippen LogP contribution in [0.1, 0.15) is 72.5 Å². The summed E-state index contributed by atoms with van der Waals surface area (Å²) in [5, 5.41) is 13.4. The van der Waals surface area contributed by atoms with Crippen LogP contribution in [0.4, 0.5) is 0 Å². The zero-order valence-electron chi connectivity index (χ0n) is 20.0. The van der Waals surface area contributed by atoms with E-state index in [9.17, 15) is 23.1 Å². The van der Waals surface area contributed by atoms with Crippen molar-refractivity contribution in [1.29, 1.82) is 0 Å². The van der Waals surface area contributed by atoms with Crippen molar-refractivity contribution in [3.8, 4) is 0 Å². The van der Waals surface area contributed by atoms with Gasteiger partial charge < -0.3 is 10.4 Å². The number of amidine groups is 1. The number of aliphatic imine (C=N–C) groups is 1. The number of nitrogens with one attached hydrogen (secondary N) is 1. The summed E-state index contributed by atoms with van der Waals surface area (Å²) < 4.78 is 27.4. The Labute approximate surface area is 201 Å². The van der Waals surface area contributed by atoms with Gasteiger partial charge in [0.25, 0.3) is 5.91 Å². The number of carbonyl (C=O) groups excluding carboxylic acids is 1. The van der Waals surface area contributed by atoms with Crippen LogP contribution in [0.25, 0.3) is 6.08 Å². The van der Waals surface area contributed by atoms with Gasteiger partial charge in [0.15, 0.2) is 0 Å². The van der Waals surface area contributed by atoms with Gasteiger partial charge in [-0.2, -0.15) is 4.31 Å². The van der Waals surface area contributed by atoms with Gasteiger partial charge in [-0.15, -0.1) is 0 Å². The fraction of sp³-hybridized carbons (Fsp3) is 0.560. The number of carboxylic acid groups (broad SMARTS) is 1. The van der Waals surface area contributed by atoms with E-state index in [1.54, 1.807) is 13.8 Å². The van der Waals surface area contributed by atoms with Gasteiger partial charge >= 0.3 is 5.97 Å². The molecule has 34 heavy (non-hydrogen) atoms. The van der Waals surface area contributed by atoms with Crippen LogP contribution < -0.4 is 5.32 Å². The number of rotatable bonds is 5. The highest BCUT2D eigenvalue weighted by Gasteiger charge is 2.48. The molecule has 0 bridgehead atoms. The highest BCUT2D eigenvalue weighted by Crippen LogP contribution is 2.36. The van der Waals surface area contributed by atoms with Crippen LogP contribution >= 0.6 is 0 Å². The summed E-state index contributed by atoms with van der Waals surface area (Å²) in [4.78, 5) is 28.9. The molecule has 0 atom stereocenters. The molecule has 1 aliphatic carbocycles. The van der Waals surface area contributed by atoms with Crippen molar-refractivity contribution >= 4 is 33.8 Å². The van der Waals surface area contributed by atoms with Gasteiger partial charge in [0, 0.05) is 24.4 Å². The second-order valence-corrected chi connectivity index (χ2v) is 11.8. The first-order valence-electron chi connectivity index (χ1n) is 11.9. The van der Waals surface area contributed by atoms with Gasteiger partial charge in [0.1, 0.15) is 11.4 Å². The van der Waals surface area contributed by atoms with E-state index >= 15 is 0 Å². The standard InChI is InChI=1S/C25H33N3O5S/c1-16-4-6-19(7-5-16)22-26-24(31)25(27-22)9-11-28(12-10-25)34(32,33)13-8-21-17(2)14-20(23(29)30)15-18(21)3/h8,13-16,19H,4-7,9-12H2,1-3H3,(H,29,30)(H,26,27,31). The third-order valence-electron chi connectivity index (χ3n) is 7.56. The molecule has 1 saturated carbocycles. The Morgan fingerprint density at radius 1 is 1.15 bits per heavy atom. The Morgan fingerprint density at radius 3 is 2.29 bits per heavy atom. The number of carbonyl (C=O) groups is 2. The third-order valence-corrected chi connectivity index (χ3v) is 9.12. The molecular weight excluding hydrogens is 454 g/mol. The molecule has 1 aromatic rings. The summed E-state index contributed by atoms with van der Waals surface area (Å²) >= 11 is 0. The number of aryl methyl sites for hydroxylation is 2. The third kappa shape index (κ3) is 4.81. The Hall–Kier alpha value is -2.52. The molecule has 1 spiro atoms. The number of piperidine rings is 1. The van der Waals surface area contributed by atoms with Gasteiger partial charge in [0.05, 0.1) is 5.56 Å². The fourth-order valence-corrected chi connectivity index (χ4v) is 6.49. The molecule has 2 N–H and O–H groups in total. The Balaban J connectivity index is 1.45. The molecule has 184 valence electrons. The minimum absolute atomic E-state index is 0.0986. The van der Waals surface area contributed by atoms with Crippen molar-refractivity contribution in [3.05, 3.63) is 39.8 Å². The van der Waals surface area contributed by atoms with Crippen molar-refractivity contribution in [3.63, 3.8) is 0 Å². The monoisotopic (exact) mass is 487 g/mol. The van der Waals surface area contributed by atoms with Crippen molar-refractivity contribution in [2.24, 2.45) is 16.8 Å². The van der Waals surface area contributed by atoms with E-state index in [2.05, 4.69) is 12.2 Å². The molecule has 0 radical (unpaired) electrons. The van der Waals surface area contributed by atoms with Gasteiger partial charge in [-0.1, -0.05) is 19.8 Å². The maximum absolute atomic E-state index is 13.0. The number of sulfonamides is 1. The van der Waals surface area contributed by atoms with E-state index in [0.717, 1.165) is 31.5 Å². The fourth-order valence-electron chi connectivity index (χ4n) is 5.32. The maximum Gasteiger partial charge on any atom is 0.335 e. The Morgan fingerprint density at radius 2 is 1.74 bits per heavy atom. The van der Waals surface area contributed by atoms with Crippen LogP contribution in [-0.4, -0.2) is 54.2 Å². The summed E-state index contributed by atoms with van der Waals surface area (Å²) in [5.74, 6) is 0.689. The number of hydrogen-bond acceptors (Lipinski definition) is 5. The lowest BCUT2D eigenvalue weighted by molar-refractivity contribution is -0.125. The highest BCUT2D eigenvalue weighted by molar-refractivity contribution is 7.92. The minimum atomic E-state index is -3.69. The van der Waals surface area contributed by atoms with Gasteiger partial charge in [-0.05, 0) is 80.3 Å². The Bertz CT molecular complexity index is 1130. The minimum Gasteiger partial charge on any atom is -0.478 e. The number of carboxylic acids is 1. The molecule has 1 aromatic carbocycles. The van der Waals surface area contributed by atoms with Crippen LogP contribution in [0, 0.1) is 25.7 Å². The molecule has 0 unspecified atom stereocenters. The normalized spacial score (nSPS) is 25.5. The maximum atomic E-state index is 13.0. The smallest absolute Gasteiger partial charge is 0.335 e. The molecule has 2 fully saturated rings. The second-order valence-electron chi connectivity index (χ2n) is 10.0. The van der Waals surface area contributed by atoms with Crippen LogP contribution in [0.2, 0.25) is 0 Å². The molecule has 8 nitrogen and oxygen atoms in total. The van der Waals surface area contributed by atoms with Gasteiger partial charge in [-0.3, -0.25) is 9.79 Å². The topological polar surface area (TPSA) is 116 Å². The lowest BCUT2D eigenvalue weighted by atomic mass is 9.82. The van der Waals surface area contributed by atoms with Crippen LogP contribution in [0.15, 0.2) is 22.5 Å². The summed E-state index contributed by atoms with van der Waals surface area (Å²) in [6, 6.07) is 3.07. The van der Waals surface area contributed by atoms with Gasteiger partial charge in [0.2, 0.25) is 10.0 Å². The molecule has 2 aliphatic heterocycles. The van der Waals surface area contributed by atoms with Crippen molar-refractivity contribution in [1.82, 2.24) is 9.62 Å². The van der Waals surface area contributed by atoms with Crippen molar-refractivity contribution < 1.29 is 23.1 Å². The molecule has 9 heteroatoms. The number of hydrogen-bond donors (Lipinski definition) is 2. The first-order chi connectivity index (χ1) is 16.0. The van der Waals surface area contributed by atoms with Crippen LogP contribution in [-0.2, 0) is 14.8 Å². The molecule has 2 heterocycles.